The summed E-state index contributed by atoms with van der Waals surface area (Å²) in [6.45, 7) is 4.49. The lowest BCUT2D eigenvalue weighted by Crippen LogP contribution is -2.22. The number of aromatic nitrogens is 1. The zero-order valence-corrected chi connectivity index (χ0v) is 15.1. The molecule has 1 aliphatic carbocycles. The zero-order valence-electron chi connectivity index (χ0n) is 11.9. The maximum atomic E-state index is 12.2. The summed E-state index contributed by atoms with van der Waals surface area (Å²) in [6.07, 6.45) is 2.45. The zero-order chi connectivity index (χ0) is 15.2. The van der Waals surface area contributed by atoms with E-state index in [9.17, 15) is 8.42 Å². The molecule has 7 heteroatoms. The molecule has 1 aliphatic rings. The number of nitrogens with zero attached hydrogens (tertiary/aromatic N) is 1. The van der Waals surface area contributed by atoms with E-state index in [4.69, 9.17) is 0 Å². The van der Waals surface area contributed by atoms with Gasteiger partial charge in [0.2, 0.25) is 10.0 Å². The van der Waals surface area contributed by atoms with Crippen LogP contribution in [0.25, 0.3) is 0 Å². The van der Waals surface area contributed by atoms with Crippen LogP contribution < -0.4 is 4.72 Å². The van der Waals surface area contributed by atoms with Crippen LogP contribution in [0, 0.1) is 13.8 Å². The van der Waals surface area contributed by atoms with Crippen LogP contribution in [0.2, 0.25) is 0 Å². The van der Waals surface area contributed by atoms with Crippen LogP contribution in [-0.2, 0) is 16.6 Å². The molecule has 0 atom stereocenters. The molecule has 0 bridgehead atoms. The summed E-state index contributed by atoms with van der Waals surface area (Å²) < 4.78 is 30.7. The van der Waals surface area contributed by atoms with Gasteiger partial charge >= 0.3 is 0 Å². The molecule has 0 aromatic carbocycles. The van der Waals surface area contributed by atoms with Gasteiger partial charge in [-0.15, -0.1) is 11.3 Å². The fraction of sp³-hybridized carbons (Fsp3) is 0.429. The van der Waals surface area contributed by atoms with Crippen LogP contribution in [0.3, 0.4) is 0 Å². The predicted molar refractivity (Wildman–Crippen MR) is 88.2 cm³/mol. The average molecular weight is 389 g/mol. The molecule has 0 unspecified atom stereocenters. The Morgan fingerprint density at radius 3 is 2.67 bits per heavy atom. The van der Waals surface area contributed by atoms with E-state index in [1.165, 1.54) is 35.6 Å². The number of halogens is 1. The Kier molecular flexibility index (Phi) is 4.02. The van der Waals surface area contributed by atoms with Crippen molar-refractivity contribution in [1.82, 2.24) is 9.29 Å². The number of thiophene rings is 1. The monoisotopic (exact) mass is 388 g/mol. The molecule has 4 nitrogen and oxygen atoms in total. The summed E-state index contributed by atoms with van der Waals surface area (Å²) in [5.41, 5.74) is 3.44. The van der Waals surface area contributed by atoms with Crippen molar-refractivity contribution in [2.24, 2.45) is 0 Å². The van der Waals surface area contributed by atoms with Gasteiger partial charge in [-0.3, -0.25) is 0 Å². The van der Waals surface area contributed by atoms with Gasteiger partial charge in [-0.1, -0.05) is 0 Å². The third-order valence-corrected chi connectivity index (χ3v) is 7.28. The van der Waals surface area contributed by atoms with Crippen molar-refractivity contribution in [2.75, 3.05) is 0 Å². The maximum Gasteiger partial charge on any atom is 0.250 e. The molecule has 0 amide bonds. The van der Waals surface area contributed by atoms with E-state index in [1.807, 2.05) is 0 Å². The number of rotatable bonds is 5. The molecule has 1 N–H and O–H groups in total. The van der Waals surface area contributed by atoms with E-state index >= 15 is 0 Å². The second kappa shape index (κ2) is 5.53. The highest BCUT2D eigenvalue weighted by Crippen LogP contribution is 2.38. The number of sulfonamides is 1. The van der Waals surface area contributed by atoms with Gasteiger partial charge < -0.3 is 4.57 Å². The van der Waals surface area contributed by atoms with E-state index in [2.05, 4.69) is 45.1 Å². The average Bonchev–Trinajstić information content (AvgIpc) is 3.07. The second-order valence-electron chi connectivity index (χ2n) is 5.38. The lowest BCUT2D eigenvalue weighted by atomic mass is 10.2. The third-order valence-electron chi connectivity index (χ3n) is 3.77. The van der Waals surface area contributed by atoms with E-state index in [1.54, 1.807) is 12.1 Å². The van der Waals surface area contributed by atoms with Gasteiger partial charge in [-0.05, 0) is 66.4 Å². The van der Waals surface area contributed by atoms with E-state index in [-0.39, 0.29) is 0 Å². The first-order valence-electron chi connectivity index (χ1n) is 6.81. The summed E-state index contributed by atoms with van der Waals surface area (Å²) in [7, 11) is -3.43. The van der Waals surface area contributed by atoms with Crippen LogP contribution in [0.4, 0.5) is 0 Å². The summed E-state index contributed by atoms with van der Waals surface area (Å²) in [5.74, 6) is 0. The summed E-state index contributed by atoms with van der Waals surface area (Å²) in [5, 5.41) is 0. The van der Waals surface area contributed by atoms with Gasteiger partial charge in [0.25, 0.3) is 0 Å². The van der Waals surface area contributed by atoms with Gasteiger partial charge in [0.05, 0.1) is 3.79 Å². The first-order valence-corrected chi connectivity index (χ1v) is 9.90. The molecule has 114 valence electrons. The number of aryl methyl sites for hydroxylation is 1. The topological polar surface area (TPSA) is 51.1 Å². The number of hydrogen-bond donors (Lipinski definition) is 1. The Bertz CT molecular complexity index is 773. The van der Waals surface area contributed by atoms with Gasteiger partial charge in [0.15, 0.2) is 0 Å². The molecule has 0 aliphatic heterocycles. The van der Waals surface area contributed by atoms with Crippen molar-refractivity contribution >= 4 is 37.3 Å². The first-order chi connectivity index (χ1) is 9.88. The van der Waals surface area contributed by atoms with Crippen LogP contribution in [0.15, 0.2) is 26.2 Å². The highest BCUT2D eigenvalue weighted by Gasteiger charge is 2.27. The largest absolute Gasteiger partial charge is 0.346 e. The lowest BCUT2D eigenvalue weighted by Gasteiger charge is -2.08. The lowest BCUT2D eigenvalue weighted by molar-refractivity contribution is 0.583. The van der Waals surface area contributed by atoms with Crippen LogP contribution in [0.1, 0.15) is 35.8 Å². The summed E-state index contributed by atoms with van der Waals surface area (Å²) in [4.78, 5) is 0. The fourth-order valence-corrected chi connectivity index (χ4v) is 5.67. The Hall–Kier alpha value is -0.630. The van der Waals surface area contributed by atoms with E-state index in [0.29, 0.717) is 16.8 Å². The van der Waals surface area contributed by atoms with Gasteiger partial charge in [0, 0.05) is 24.0 Å². The number of hydrogen-bond acceptors (Lipinski definition) is 3. The molecule has 2 heterocycles. The molecule has 1 fully saturated rings. The third kappa shape index (κ3) is 3.11. The molecule has 3 rings (SSSR count). The quantitative estimate of drug-likeness (QED) is 0.847. The van der Waals surface area contributed by atoms with Crippen molar-refractivity contribution < 1.29 is 8.42 Å². The molecular weight excluding hydrogens is 372 g/mol. The summed E-state index contributed by atoms with van der Waals surface area (Å²) >= 11 is 4.51. The minimum Gasteiger partial charge on any atom is -0.346 e. The fourth-order valence-electron chi connectivity index (χ4n) is 2.60. The van der Waals surface area contributed by atoms with Crippen LogP contribution in [0.5, 0.6) is 0 Å². The van der Waals surface area contributed by atoms with Crippen LogP contribution >= 0.6 is 27.3 Å². The SMILES string of the molecule is Cc1cc(CNS(=O)(=O)c2ccc(Br)s2)c(C)n1C1CC1. The maximum absolute atomic E-state index is 12.2. The van der Waals surface area contributed by atoms with Gasteiger partial charge in [-0.25, -0.2) is 13.1 Å². The van der Waals surface area contributed by atoms with Gasteiger partial charge in [-0.2, -0.15) is 0 Å². The van der Waals surface area contributed by atoms with Crippen molar-refractivity contribution in [3.05, 3.63) is 38.9 Å². The molecule has 0 spiro atoms. The predicted octanol–water partition coefficient (Wildman–Crippen LogP) is 3.74. The molecule has 1 saturated carbocycles. The minimum atomic E-state index is -3.43. The minimum absolute atomic E-state index is 0.338. The molecule has 2 aromatic rings. The summed E-state index contributed by atoms with van der Waals surface area (Å²) in [6, 6.07) is 6.06. The smallest absolute Gasteiger partial charge is 0.250 e. The molecule has 0 radical (unpaired) electrons. The van der Waals surface area contributed by atoms with Crippen molar-refractivity contribution in [2.45, 2.75) is 43.5 Å². The Balaban J connectivity index is 1.77. The Morgan fingerprint density at radius 2 is 2.10 bits per heavy atom. The molecule has 21 heavy (non-hydrogen) atoms. The van der Waals surface area contributed by atoms with E-state index < -0.39 is 10.0 Å². The highest BCUT2D eigenvalue weighted by atomic mass is 79.9. The Morgan fingerprint density at radius 1 is 1.38 bits per heavy atom. The van der Waals surface area contributed by atoms with Crippen molar-refractivity contribution in [1.29, 1.82) is 0 Å². The van der Waals surface area contributed by atoms with Gasteiger partial charge in [0.1, 0.15) is 4.21 Å². The molecular formula is C14H17BrN2O2S2. The first kappa shape index (κ1) is 15.3. The molecule has 2 aromatic heterocycles. The number of nitrogens with one attached hydrogen (secondary N) is 1. The van der Waals surface area contributed by atoms with Crippen molar-refractivity contribution in [3.8, 4) is 0 Å². The molecule has 0 saturated heterocycles. The van der Waals surface area contributed by atoms with E-state index in [0.717, 1.165) is 9.35 Å². The van der Waals surface area contributed by atoms with Crippen molar-refractivity contribution in [3.63, 3.8) is 0 Å². The normalized spacial score (nSPS) is 15.6. The van der Waals surface area contributed by atoms with Crippen LogP contribution in [-0.4, -0.2) is 13.0 Å². The standard InChI is InChI=1S/C14H17BrN2O2S2/c1-9-7-11(10(2)17(9)12-3-4-12)8-16-21(18,19)14-6-5-13(15)20-14/h5-7,12,16H,3-4,8H2,1-2H3. The Labute approximate surface area is 137 Å². The highest BCUT2D eigenvalue weighted by molar-refractivity contribution is 9.11. The second-order valence-corrected chi connectivity index (χ2v) is 9.84.